The highest BCUT2D eigenvalue weighted by Gasteiger charge is 2.28. The molecule has 0 spiro atoms. The van der Waals surface area contributed by atoms with Crippen LogP contribution in [0.5, 0.6) is 0 Å². The maximum atomic E-state index is 12.5. The van der Waals surface area contributed by atoms with Gasteiger partial charge in [0.2, 0.25) is 5.91 Å². The molecule has 0 aliphatic carbocycles. The number of nitrogens with zero attached hydrogens (tertiary/aromatic N) is 3. The molecule has 0 saturated carbocycles. The predicted molar refractivity (Wildman–Crippen MR) is 98.4 cm³/mol. The maximum absolute atomic E-state index is 12.5. The molecule has 2 aliphatic heterocycles. The standard InChI is InChI=1S/C19H30N4O2/c1-21(15-17-5-3-2-4-6-17)8-9-22-10-12-23(13-11-22)19(24)18-16-25-14-7-20-18/h2-6,18,20H,7-16H2,1H3. The number of rotatable bonds is 6. The Morgan fingerprint density at radius 1 is 1.24 bits per heavy atom. The summed E-state index contributed by atoms with van der Waals surface area (Å²) in [5.74, 6) is 0.195. The number of nitrogens with one attached hydrogen (secondary N) is 1. The molecule has 2 aliphatic rings. The van der Waals surface area contributed by atoms with Crippen LogP contribution < -0.4 is 5.32 Å². The number of amides is 1. The SMILES string of the molecule is CN(CCN1CCN(C(=O)C2COCCN2)CC1)Cc1ccccc1. The van der Waals surface area contributed by atoms with Crippen molar-refractivity contribution in [2.45, 2.75) is 12.6 Å². The van der Waals surface area contributed by atoms with Gasteiger partial charge in [0.1, 0.15) is 6.04 Å². The molecule has 3 rings (SSSR count). The number of carbonyl (C=O) groups excluding carboxylic acids is 1. The highest BCUT2D eigenvalue weighted by atomic mass is 16.5. The average Bonchev–Trinajstić information content (AvgIpc) is 2.68. The molecule has 25 heavy (non-hydrogen) atoms. The minimum atomic E-state index is -0.155. The summed E-state index contributed by atoms with van der Waals surface area (Å²) in [6.45, 7) is 8.60. The number of carbonyl (C=O) groups is 1. The minimum Gasteiger partial charge on any atom is -0.378 e. The van der Waals surface area contributed by atoms with Gasteiger partial charge in [-0.15, -0.1) is 0 Å². The van der Waals surface area contributed by atoms with Crippen molar-refractivity contribution < 1.29 is 9.53 Å². The average molecular weight is 346 g/mol. The van der Waals surface area contributed by atoms with Gasteiger partial charge in [0.25, 0.3) is 0 Å². The first-order valence-corrected chi connectivity index (χ1v) is 9.27. The molecular weight excluding hydrogens is 316 g/mol. The van der Waals surface area contributed by atoms with E-state index in [1.54, 1.807) is 0 Å². The summed E-state index contributed by atoms with van der Waals surface area (Å²) in [7, 11) is 2.17. The van der Waals surface area contributed by atoms with E-state index in [4.69, 9.17) is 4.74 Å². The topological polar surface area (TPSA) is 48.0 Å². The Labute approximate surface area is 150 Å². The Hall–Kier alpha value is -1.47. The Balaban J connectivity index is 1.35. The lowest BCUT2D eigenvalue weighted by Crippen LogP contribution is -2.57. The van der Waals surface area contributed by atoms with Crippen LogP contribution in [-0.2, 0) is 16.1 Å². The van der Waals surface area contributed by atoms with E-state index in [0.717, 1.165) is 52.4 Å². The zero-order valence-corrected chi connectivity index (χ0v) is 15.2. The van der Waals surface area contributed by atoms with Crippen LogP contribution in [0.25, 0.3) is 0 Å². The first-order chi connectivity index (χ1) is 12.2. The van der Waals surface area contributed by atoms with Crippen LogP contribution in [0.15, 0.2) is 30.3 Å². The lowest BCUT2D eigenvalue weighted by atomic mass is 10.2. The Morgan fingerprint density at radius 2 is 2.00 bits per heavy atom. The lowest BCUT2D eigenvalue weighted by Gasteiger charge is -2.37. The molecule has 1 atom stereocenters. The van der Waals surface area contributed by atoms with E-state index >= 15 is 0 Å². The maximum Gasteiger partial charge on any atom is 0.242 e. The van der Waals surface area contributed by atoms with Gasteiger partial charge < -0.3 is 19.9 Å². The molecule has 2 heterocycles. The van der Waals surface area contributed by atoms with E-state index in [1.165, 1.54) is 5.56 Å². The van der Waals surface area contributed by atoms with Gasteiger partial charge in [0.15, 0.2) is 0 Å². The number of piperazine rings is 1. The van der Waals surface area contributed by atoms with Gasteiger partial charge in [0.05, 0.1) is 13.2 Å². The molecular formula is C19H30N4O2. The number of hydrogen-bond donors (Lipinski definition) is 1. The molecule has 0 aromatic heterocycles. The van der Waals surface area contributed by atoms with Crippen LogP contribution in [0.1, 0.15) is 5.56 Å². The molecule has 6 nitrogen and oxygen atoms in total. The van der Waals surface area contributed by atoms with E-state index in [9.17, 15) is 4.79 Å². The first kappa shape index (κ1) is 18.3. The van der Waals surface area contributed by atoms with Crippen molar-refractivity contribution in [3.05, 3.63) is 35.9 Å². The van der Waals surface area contributed by atoms with Crippen LogP contribution in [0.2, 0.25) is 0 Å². The summed E-state index contributed by atoms with van der Waals surface area (Å²) in [5.41, 5.74) is 1.35. The summed E-state index contributed by atoms with van der Waals surface area (Å²) >= 11 is 0. The van der Waals surface area contributed by atoms with Gasteiger partial charge in [0, 0.05) is 52.4 Å². The molecule has 0 bridgehead atoms. The van der Waals surface area contributed by atoms with E-state index in [0.29, 0.717) is 13.2 Å². The van der Waals surface area contributed by atoms with Crippen molar-refractivity contribution in [1.82, 2.24) is 20.0 Å². The fourth-order valence-electron chi connectivity index (χ4n) is 3.42. The van der Waals surface area contributed by atoms with E-state index in [-0.39, 0.29) is 11.9 Å². The monoisotopic (exact) mass is 346 g/mol. The molecule has 1 unspecified atom stereocenters. The van der Waals surface area contributed by atoms with Gasteiger partial charge in [-0.05, 0) is 12.6 Å². The van der Waals surface area contributed by atoms with Crippen LogP contribution in [0.3, 0.4) is 0 Å². The van der Waals surface area contributed by atoms with Crippen molar-refractivity contribution in [3.8, 4) is 0 Å². The van der Waals surface area contributed by atoms with Crippen molar-refractivity contribution in [3.63, 3.8) is 0 Å². The third-order valence-electron chi connectivity index (χ3n) is 5.00. The number of hydrogen-bond acceptors (Lipinski definition) is 5. The second kappa shape index (κ2) is 9.29. The zero-order valence-electron chi connectivity index (χ0n) is 15.2. The summed E-state index contributed by atoms with van der Waals surface area (Å²) in [6.07, 6.45) is 0. The second-order valence-corrected chi connectivity index (χ2v) is 6.97. The number of ether oxygens (including phenoxy) is 1. The molecule has 1 N–H and O–H groups in total. The Morgan fingerprint density at radius 3 is 2.68 bits per heavy atom. The van der Waals surface area contributed by atoms with E-state index < -0.39 is 0 Å². The Bertz CT molecular complexity index is 525. The summed E-state index contributed by atoms with van der Waals surface area (Å²) in [6, 6.07) is 10.4. The van der Waals surface area contributed by atoms with Crippen molar-refractivity contribution >= 4 is 5.91 Å². The molecule has 2 saturated heterocycles. The molecule has 1 amide bonds. The lowest BCUT2D eigenvalue weighted by molar-refractivity contribution is -0.138. The Kier molecular flexibility index (Phi) is 6.81. The van der Waals surface area contributed by atoms with Gasteiger partial charge in [-0.2, -0.15) is 0 Å². The molecule has 6 heteroatoms. The molecule has 1 aromatic carbocycles. The van der Waals surface area contributed by atoms with Gasteiger partial charge in [-0.1, -0.05) is 30.3 Å². The fourth-order valence-corrected chi connectivity index (χ4v) is 3.42. The van der Waals surface area contributed by atoms with Gasteiger partial charge in [-0.3, -0.25) is 9.69 Å². The second-order valence-electron chi connectivity index (χ2n) is 6.97. The van der Waals surface area contributed by atoms with Crippen LogP contribution in [-0.4, -0.2) is 92.7 Å². The van der Waals surface area contributed by atoms with Crippen molar-refractivity contribution in [2.24, 2.45) is 0 Å². The highest BCUT2D eigenvalue weighted by Crippen LogP contribution is 2.07. The van der Waals surface area contributed by atoms with Crippen LogP contribution >= 0.6 is 0 Å². The highest BCUT2D eigenvalue weighted by molar-refractivity contribution is 5.82. The molecule has 2 fully saturated rings. The van der Waals surface area contributed by atoms with Crippen molar-refractivity contribution in [2.75, 3.05) is 66.1 Å². The zero-order chi connectivity index (χ0) is 17.5. The van der Waals surface area contributed by atoms with Crippen LogP contribution in [0.4, 0.5) is 0 Å². The van der Waals surface area contributed by atoms with E-state index in [2.05, 4.69) is 52.5 Å². The van der Waals surface area contributed by atoms with E-state index in [1.807, 2.05) is 4.90 Å². The van der Waals surface area contributed by atoms with Crippen molar-refractivity contribution in [1.29, 1.82) is 0 Å². The first-order valence-electron chi connectivity index (χ1n) is 9.27. The molecule has 0 radical (unpaired) electrons. The molecule has 1 aromatic rings. The normalized spacial score (nSPS) is 22.3. The quantitative estimate of drug-likeness (QED) is 0.800. The summed E-state index contributed by atoms with van der Waals surface area (Å²) in [5, 5.41) is 3.25. The number of benzene rings is 1. The number of likely N-dealkylation sites (N-methyl/N-ethyl adjacent to an activating group) is 1. The van der Waals surface area contributed by atoms with Crippen LogP contribution in [0, 0.1) is 0 Å². The largest absolute Gasteiger partial charge is 0.378 e. The predicted octanol–water partition coefficient (Wildman–Crippen LogP) is 0.251. The summed E-state index contributed by atoms with van der Waals surface area (Å²) < 4.78 is 5.40. The third kappa shape index (κ3) is 5.51. The van der Waals surface area contributed by atoms with Gasteiger partial charge >= 0.3 is 0 Å². The minimum absolute atomic E-state index is 0.155. The fraction of sp³-hybridized carbons (Fsp3) is 0.632. The third-order valence-corrected chi connectivity index (χ3v) is 5.00. The molecule has 138 valence electrons. The number of morpholine rings is 1. The van der Waals surface area contributed by atoms with Gasteiger partial charge in [-0.25, -0.2) is 0 Å². The summed E-state index contributed by atoms with van der Waals surface area (Å²) in [4.78, 5) is 19.3. The smallest absolute Gasteiger partial charge is 0.242 e.